The van der Waals surface area contributed by atoms with Crippen molar-refractivity contribution in [2.75, 3.05) is 29.0 Å². The molecular formula is C26H38ClN3O6S. The minimum Gasteiger partial charge on any atom is -0.506 e. The summed E-state index contributed by atoms with van der Waals surface area (Å²) in [6, 6.07) is 12.1. The second-order valence-corrected chi connectivity index (χ2v) is 11.7. The number of hydrogen-bond donors (Lipinski definition) is 4. The number of para-hydroxylation sites is 1. The molecule has 0 aromatic heterocycles. The van der Waals surface area contributed by atoms with E-state index in [1.807, 2.05) is 52.0 Å². The zero-order valence-electron chi connectivity index (χ0n) is 21.9. The average Bonchev–Trinajstić information content (AvgIpc) is 2.82. The van der Waals surface area contributed by atoms with Gasteiger partial charge in [0.2, 0.25) is 10.0 Å². The number of aliphatic hydroxyl groups is 1. The number of phenols is 1. The highest BCUT2D eigenvalue weighted by Crippen LogP contribution is 2.43. The number of anilines is 2. The second-order valence-electron chi connectivity index (χ2n) is 9.92. The first-order valence-corrected chi connectivity index (χ1v) is 14.0. The van der Waals surface area contributed by atoms with E-state index in [1.54, 1.807) is 4.90 Å². The number of sulfonamides is 1. The van der Waals surface area contributed by atoms with Crippen LogP contribution in [0.1, 0.15) is 64.2 Å². The number of halogens is 1. The Morgan fingerprint density at radius 2 is 1.78 bits per heavy atom. The maximum absolute atomic E-state index is 13.0. The summed E-state index contributed by atoms with van der Waals surface area (Å²) in [5.41, 5.74) is 1.28. The van der Waals surface area contributed by atoms with Crippen molar-refractivity contribution >= 4 is 39.9 Å². The number of phenolic OH excluding ortho intramolecular Hbond substituents is 1. The van der Waals surface area contributed by atoms with Crippen LogP contribution in [0.2, 0.25) is 0 Å². The molecule has 1 heterocycles. The standard InChI is InChI=1S/C26H37N3O6S.ClH/c1-6-26(7-2)19-10-8-9-11-21(19)29(24(32)35-26)15-14-25(3,4)27-17-23(31)18-12-13-22(30)20(16-18)28-36(5,33)34;/h8-13,16,23,27-28,30-31H,6-7,14-15,17H2,1-5H3;1H. The number of amides is 1. The van der Waals surface area contributed by atoms with Gasteiger partial charge in [-0.2, -0.15) is 0 Å². The molecule has 1 unspecified atom stereocenters. The smallest absolute Gasteiger partial charge is 0.415 e. The number of nitrogens with zero attached hydrogens (tertiary/aromatic N) is 1. The number of cyclic esters (lactones) is 1. The van der Waals surface area contributed by atoms with Crippen LogP contribution >= 0.6 is 12.4 Å². The second kappa shape index (κ2) is 11.9. The summed E-state index contributed by atoms with van der Waals surface area (Å²) < 4.78 is 31.2. The highest BCUT2D eigenvalue weighted by atomic mass is 35.5. The number of aromatic hydroxyl groups is 1. The first kappa shape index (κ1) is 30.7. The number of carbonyl (C=O) groups is 1. The molecule has 0 radical (unpaired) electrons. The van der Waals surface area contributed by atoms with Crippen molar-refractivity contribution in [1.29, 1.82) is 0 Å². The van der Waals surface area contributed by atoms with Crippen LogP contribution in [-0.2, 0) is 20.4 Å². The summed E-state index contributed by atoms with van der Waals surface area (Å²) in [5, 5.41) is 23.9. The third-order valence-electron chi connectivity index (χ3n) is 6.77. The fourth-order valence-electron chi connectivity index (χ4n) is 4.47. The SMILES string of the molecule is CCC1(CC)OC(=O)N(CCC(C)(C)NCC(O)c2ccc(O)c(NS(C)(=O)=O)c2)c2ccccc21.Cl. The van der Waals surface area contributed by atoms with E-state index in [1.165, 1.54) is 18.2 Å². The Bertz CT molecular complexity index is 1200. The molecule has 1 aliphatic heterocycles. The highest BCUT2D eigenvalue weighted by molar-refractivity contribution is 7.92. The van der Waals surface area contributed by atoms with Crippen LogP contribution in [0.4, 0.5) is 16.2 Å². The molecule has 9 nitrogen and oxygen atoms in total. The maximum Gasteiger partial charge on any atom is 0.415 e. The van der Waals surface area contributed by atoms with Crippen molar-refractivity contribution in [2.45, 2.75) is 64.2 Å². The fraction of sp³-hybridized carbons (Fsp3) is 0.500. The number of carbonyl (C=O) groups excluding carboxylic acids is 1. The molecule has 1 amide bonds. The van der Waals surface area contributed by atoms with Crippen molar-refractivity contribution in [3.63, 3.8) is 0 Å². The number of hydrogen-bond acceptors (Lipinski definition) is 7. The summed E-state index contributed by atoms with van der Waals surface area (Å²) in [6.45, 7) is 8.63. The topological polar surface area (TPSA) is 128 Å². The average molecular weight is 556 g/mol. The van der Waals surface area contributed by atoms with E-state index in [-0.39, 0.29) is 36.5 Å². The minimum atomic E-state index is -3.58. The monoisotopic (exact) mass is 555 g/mol. The molecule has 1 atom stereocenters. The van der Waals surface area contributed by atoms with E-state index in [0.29, 0.717) is 31.4 Å². The maximum atomic E-state index is 13.0. The lowest BCUT2D eigenvalue weighted by Gasteiger charge is -2.42. The zero-order valence-corrected chi connectivity index (χ0v) is 23.6. The van der Waals surface area contributed by atoms with Crippen LogP contribution < -0.4 is 14.9 Å². The number of rotatable bonds is 11. The first-order chi connectivity index (χ1) is 16.8. The molecule has 0 aliphatic carbocycles. The molecular weight excluding hydrogens is 518 g/mol. The van der Waals surface area contributed by atoms with E-state index >= 15 is 0 Å². The normalized spacial score (nSPS) is 15.8. The lowest BCUT2D eigenvalue weighted by Crippen LogP contribution is -2.49. The molecule has 2 aromatic carbocycles. The van der Waals surface area contributed by atoms with Crippen LogP contribution in [0.15, 0.2) is 42.5 Å². The molecule has 206 valence electrons. The van der Waals surface area contributed by atoms with E-state index in [2.05, 4.69) is 10.0 Å². The summed E-state index contributed by atoms with van der Waals surface area (Å²) in [5.74, 6) is -0.228. The summed E-state index contributed by atoms with van der Waals surface area (Å²) in [7, 11) is -3.58. The van der Waals surface area contributed by atoms with E-state index in [9.17, 15) is 23.4 Å². The minimum absolute atomic E-state index is 0. The molecule has 0 saturated carbocycles. The Labute approximate surface area is 225 Å². The molecule has 0 spiro atoms. The summed E-state index contributed by atoms with van der Waals surface area (Å²) in [4.78, 5) is 14.7. The predicted octanol–water partition coefficient (Wildman–Crippen LogP) is 4.65. The first-order valence-electron chi connectivity index (χ1n) is 12.1. The Balaban J connectivity index is 0.00000481. The van der Waals surface area contributed by atoms with Gasteiger partial charge in [-0.1, -0.05) is 38.1 Å². The zero-order chi connectivity index (χ0) is 26.7. The third-order valence-corrected chi connectivity index (χ3v) is 7.36. The molecule has 0 saturated heterocycles. The van der Waals surface area contributed by atoms with Gasteiger partial charge in [0.25, 0.3) is 0 Å². The number of aliphatic hydroxyl groups excluding tert-OH is 1. The molecule has 37 heavy (non-hydrogen) atoms. The summed E-state index contributed by atoms with van der Waals surface area (Å²) >= 11 is 0. The van der Waals surface area contributed by atoms with E-state index in [0.717, 1.165) is 17.5 Å². The molecule has 2 aromatic rings. The Hall–Kier alpha value is -2.53. The van der Waals surface area contributed by atoms with Gasteiger partial charge in [-0.05, 0) is 56.9 Å². The van der Waals surface area contributed by atoms with Gasteiger partial charge in [0.1, 0.15) is 11.4 Å². The van der Waals surface area contributed by atoms with Crippen LogP contribution in [0.3, 0.4) is 0 Å². The molecule has 1 aliphatic rings. The van der Waals surface area contributed by atoms with Crippen LogP contribution in [0.5, 0.6) is 5.75 Å². The van der Waals surface area contributed by atoms with Crippen LogP contribution in [0, 0.1) is 0 Å². The number of nitrogens with one attached hydrogen (secondary N) is 2. The van der Waals surface area contributed by atoms with Crippen molar-refractivity contribution in [3.05, 3.63) is 53.6 Å². The van der Waals surface area contributed by atoms with Gasteiger partial charge < -0.3 is 20.3 Å². The van der Waals surface area contributed by atoms with Gasteiger partial charge in [0, 0.05) is 24.2 Å². The number of β-amino-alcohol motifs (C(OH)–C–C–N with tert-alkyl or cyclic N) is 1. The molecule has 0 bridgehead atoms. The van der Waals surface area contributed by atoms with E-state index < -0.39 is 27.3 Å². The largest absolute Gasteiger partial charge is 0.506 e. The van der Waals surface area contributed by atoms with E-state index in [4.69, 9.17) is 4.74 Å². The van der Waals surface area contributed by atoms with Gasteiger partial charge in [0.15, 0.2) is 0 Å². The molecule has 4 N–H and O–H groups in total. The predicted molar refractivity (Wildman–Crippen MR) is 148 cm³/mol. The Morgan fingerprint density at radius 3 is 2.41 bits per heavy atom. The summed E-state index contributed by atoms with van der Waals surface area (Å²) in [6.07, 6.45) is 1.67. The van der Waals surface area contributed by atoms with Crippen LogP contribution in [0.25, 0.3) is 0 Å². The quantitative estimate of drug-likeness (QED) is 0.297. The number of fused-ring (bicyclic) bond motifs is 1. The highest BCUT2D eigenvalue weighted by Gasteiger charge is 2.42. The van der Waals surface area contributed by atoms with Crippen molar-refractivity contribution in [2.24, 2.45) is 0 Å². The van der Waals surface area contributed by atoms with Crippen molar-refractivity contribution in [1.82, 2.24) is 5.32 Å². The molecule has 11 heteroatoms. The Kier molecular flexibility index (Phi) is 9.87. The van der Waals surface area contributed by atoms with Gasteiger partial charge in [-0.3, -0.25) is 9.62 Å². The Morgan fingerprint density at radius 1 is 1.14 bits per heavy atom. The molecule has 3 rings (SSSR count). The number of ether oxygens (including phenoxy) is 1. The van der Waals surface area contributed by atoms with Crippen LogP contribution in [-0.4, -0.2) is 49.6 Å². The van der Waals surface area contributed by atoms with Gasteiger partial charge in [-0.25, -0.2) is 13.2 Å². The van der Waals surface area contributed by atoms with Crippen molar-refractivity contribution in [3.8, 4) is 5.75 Å². The lowest BCUT2D eigenvalue weighted by atomic mass is 9.85. The lowest BCUT2D eigenvalue weighted by molar-refractivity contribution is -0.00134. The molecule has 0 fully saturated rings. The number of benzene rings is 2. The van der Waals surface area contributed by atoms with Gasteiger partial charge >= 0.3 is 6.09 Å². The van der Waals surface area contributed by atoms with Gasteiger partial charge in [-0.15, -0.1) is 12.4 Å². The van der Waals surface area contributed by atoms with Gasteiger partial charge in [0.05, 0.1) is 23.7 Å². The van der Waals surface area contributed by atoms with Crippen molar-refractivity contribution < 1.29 is 28.2 Å². The third kappa shape index (κ3) is 7.28. The fourth-order valence-corrected chi connectivity index (χ4v) is 5.03.